The standard InChI is InChI=1S/C25H27FO6S/c1-14-2-3-16(23-21(29)22(30)24(31)25(12-27,13-28)32-23)10-17(14)11-19-8-9-20(33-19)15-4-6-18(26)7-5-15/h2-10,21-24,27-31H,11-13H2,1H3/t21-,22-,23+,24+/m1/s1. The van der Waals surface area contributed by atoms with Gasteiger partial charge in [-0.1, -0.05) is 30.3 Å². The van der Waals surface area contributed by atoms with Gasteiger partial charge >= 0.3 is 0 Å². The molecule has 0 radical (unpaired) electrons. The van der Waals surface area contributed by atoms with Crippen LogP contribution in [-0.4, -0.2) is 62.7 Å². The molecule has 1 fully saturated rings. The molecule has 0 unspecified atom stereocenters. The summed E-state index contributed by atoms with van der Waals surface area (Å²) in [5.41, 5.74) is 1.72. The fourth-order valence-electron chi connectivity index (χ4n) is 4.13. The maximum absolute atomic E-state index is 13.2. The Bertz CT molecular complexity index is 1090. The van der Waals surface area contributed by atoms with Crippen molar-refractivity contribution in [2.75, 3.05) is 13.2 Å². The van der Waals surface area contributed by atoms with E-state index < -0.39 is 43.2 Å². The fourth-order valence-corrected chi connectivity index (χ4v) is 5.17. The summed E-state index contributed by atoms with van der Waals surface area (Å²) < 4.78 is 19.0. The molecule has 0 aliphatic carbocycles. The molecule has 0 spiro atoms. The second-order valence-corrected chi connectivity index (χ2v) is 9.65. The van der Waals surface area contributed by atoms with Crippen molar-refractivity contribution in [3.8, 4) is 10.4 Å². The van der Waals surface area contributed by atoms with E-state index >= 15 is 0 Å². The van der Waals surface area contributed by atoms with Gasteiger partial charge in [-0.2, -0.15) is 0 Å². The van der Waals surface area contributed by atoms with Crippen LogP contribution in [0.25, 0.3) is 10.4 Å². The first-order valence-electron chi connectivity index (χ1n) is 10.7. The minimum atomic E-state index is -1.79. The Hall–Kier alpha value is -2.17. The normalized spacial score (nSPS) is 24.7. The number of ether oxygens (including phenoxy) is 1. The zero-order chi connectivity index (χ0) is 23.8. The van der Waals surface area contributed by atoms with Gasteiger partial charge < -0.3 is 30.3 Å². The maximum atomic E-state index is 13.2. The molecule has 33 heavy (non-hydrogen) atoms. The SMILES string of the molecule is Cc1ccc([C@@H]2OC(CO)(CO)[C@@H](O)[C@H](O)[C@H]2O)cc1Cc1ccc(-c2ccc(F)cc2)s1. The highest BCUT2D eigenvalue weighted by atomic mass is 32.1. The van der Waals surface area contributed by atoms with Gasteiger partial charge in [-0.25, -0.2) is 4.39 Å². The molecule has 4 rings (SSSR count). The maximum Gasteiger partial charge on any atom is 0.143 e. The first-order chi connectivity index (χ1) is 15.8. The predicted molar refractivity (Wildman–Crippen MR) is 122 cm³/mol. The van der Waals surface area contributed by atoms with Crippen molar-refractivity contribution >= 4 is 11.3 Å². The number of hydrogen-bond donors (Lipinski definition) is 5. The van der Waals surface area contributed by atoms with Gasteiger partial charge in [0.2, 0.25) is 0 Å². The summed E-state index contributed by atoms with van der Waals surface area (Å²) in [5, 5.41) is 50.6. The van der Waals surface area contributed by atoms with E-state index in [4.69, 9.17) is 4.74 Å². The first kappa shape index (κ1) is 24.0. The summed E-state index contributed by atoms with van der Waals surface area (Å²) >= 11 is 1.60. The highest BCUT2D eigenvalue weighted by Gasteiger charge is 2.53. The number of aliphatic hydroxyl groups excluding tert-OH is 5. The molecule has 1 aliphatic rings. The second-order valence-electron chi connectivity index (χ2n) is 8.48. The van der Waals surface area contributed by atoms with Gasteiger partial charge in [-0.3, -0.25) is 0 Å². The van der Waals surface area contributed by atoms with Crippen LogP contribution in [-0.2, 0) is 11.2 Å². The van der Waals surface area contributed by atoms with Crippen LogP contribution in [0.4, 0.5) is 4.39 Å². The minimum absolute atomic E-state index is 0.279. The number of hydrogen-bond acceptors (Lipinski definition) is 7. The van der Waals surface area contributed by atoms with Crippen LogP contribution in [0.15, 0.2) is 54.6 Å². The Morgan fingerprint density at radius 3 is 2.30 bits per heavy atom. The molecule has 6 nitrogen and oxygen atoms in total. The molecule has 1 saturated heterocycles. The van der Waals surface area contributed by atoms with Crippen LogP contribution < -0.4 is 0 Å². The molecule has 0 bridgehead atoms. The smallest absolute Gasteiger partial charge is 0.143 e. The van der Waals surface area contributed by atoms with Crippen LogP contribution in [0, 0.1) is 12.7 Å². The Morgan fingerprint density at radius 2 is 1.64 bits per heavy atom. The van der Waals surface area contributed by atoms with E-state index in [0.29, 0.717) is 12.0 Å². The molecule has 3 aromatic rings. The van der Waals surface area contributed by atoms with Crippen molar-refractivity contribution in [3.05, 3.63) is 82.0 Å². The summed E-state index contributed by atoms with van der Waals surface area (Å²) in [4.78, 5) is 2.12. The Balaban J connectivity index is 1.60. The molecule has 0 amide bonds. The van der Waals surface area contributed by atoms with E-state index in [1.807, 2.05) is 31.2 Å². The number of thiophene rings is 1. The monoisotopic (exact) mass is 474 g/mol. The third-order valence-electron chi connectivity index (χ3n) is 6.28. The van der Waals surface area contributed by atoms with E-state index in [2.05, 4.69) is 0 Å². The molecule has 2 aromatic carbocycles. The largest absolute Gasteiger partial charge is 0.393 e. The fraction of sp³-hybridized carbons (Fsp3) is 0.360. The van der Waals surface area contributed by atoms with Crippen LogP contribution in [0.1, 0.15) is 27.7 Å². The molecular weight excluding hydrogens is 447 g/mol. The van der Waals surface area contributed by atoms with Gasteiger partial charge in [0.25, 0.3) is 0 Å². The van der Waals surface area contributed by atoms with E-state index in [0.717, 1.165) is 26.4 Å². The van der Waals surface area contributed by atoms with E-state index in [1.165, 1.54) is 12.1 Å². The number of benzene rings is 2. The van der Waals surface area contributed by atoms with Crippen molar-refractivity contribution in [1.82, 2.24) is 0 Å². The lowest BCUT2D eigenvalue weighted by Gasteiger charge is -2.47. The molecule has 5 N–H and O–H groups in total. The van der Waals surface area contributed by atoms with Gasteiger partial charge in [0, 0.05) is 16.2 Å². The summed E-state index contributed by atoms with van der Waals surface area (Å²) in [6.45, 7) is 0.534. The van der Waals surface area contributed by atoms with Gasteiger partial charge in [0.05, 0.1) is 13.2 Å². The number of aryl methyl sites for hydroxylation is 1. The highest BCUT2D eigenvalue weighted by Crippen LogP contribution is 2.39. The zero-order valence-corrected chi connectivity index (χ0v) is 18.9. The lowest BCUT2D eigenvalue weighted by atomic mass is 9.83. The molecular formula is C25H27FO6S. The van der Waals surface area contributed by atoms with Gasteiger partial charge in [0.1, 0.15) is 35.8 Å². The van der Waals surface area contributed by atoms with Crippen molar-refractivity contribution in [1.29, 1.82) is 0 Å². The second kappa shape index (κ2) is 9.60. The topological polar surface area (TPSA) is 110 Å². The van der Waals surface area contributed by atoms with Crippen LogP contribution >= 0.6 is 11.3 Å². The molecule has 1 aromatic heterocycles. The lowest BCUT2D eigenvalue weighted by molar-refractivity contribution is -0.289. The summed E-state index contributed by atoms with van der Waals surface area (Å²) in [6, 6.07) is 15.9. The van der Waals surface area contributed by atoms with Gasteiger partial charge in [-0.15, -0.1) is 11.3 Å². The summed E-state index contributed by atoms with van der Waals surface area (Å²) in [5.74, 6) is -0.279. The first-order valence-corrected chi connectivity index (χ1v) is 11.5. The summed E-state index contributed by atoms with van der Waals surface area (Å²) in [6.07, 6.45) is -5.10. The molecule has 0 saturated carbocycles. The average Bonchev–Trinajstić information content (AvgIpc) is 3.29. The minimum Gasteiger partial charge on any atom is -0.393 e. The molecule has 1 aliphatic heterocycles. The quantitative estimate of drug-likeness (QED) is 0.375. The van der Waals surface area contributed by atoms with Crippen LogP contribution in [0.2, 0.25) is 0 Å². The summed E-state index contributed by atoms with van der Waals surface area (Å²) in [7, 11) is 0. The van der Waals surface area contributed by atoms with E-state index in [1.54, 1.807) is 29.5 Å². The zero-order valence-electron chi connectivity index (χ0n) is 18.1. The Morgan fingerprint density at radius 1 is 0.939 bits per heavy atom. The highest BCUT2D eigenvalue weighted by molar-refractivity contribution is 7.15. The molecule has 8 heteroatoms. The number of aliphatic hydroxyl groups is 5. The predicted octanol–water partition coefficient (Wildman–Crippen LogP) is 2.33. The van der Waals surface area contributed by atoms with Crippen molar-refractivity contribution in [2.24, 2.45) is 0 Å². The molecule has 2 heterocycles. The molecule has 176 valence electrons. The molecule has 4 atom stereocenters. The number of halogens is 1. The van der Waals surface area contributed by atoms with Crippen molar-refractivity contribution in [3.63, 3.8) is 0 Å². The van der Waals surface area contributed by atoms with Gasteiger partial charge in [0.15, 0.2) is 0 Å². The van der Waals surface area contributed by atoms with Crippen LogP contribution in [0.5, 0.6) is 0 Å². The Kier molecular flexibility index (Phi) is 6.97. The lowest BCUT2D eigenvalue weighted by Crippen LogP contribution is -2.65. The number of rotatable bonds is 6. The van der Waals surface area contributed by atoms with Crippen molar-refractivity contribution < 1.29 is 34.7 Å². The third-order valence-corrected chi connectivity index (χ3v) is 7.41. The van der Waals surface area contributed by atoms with Gasteiger partial charge in [-0.05, 0) is 53.4 Å². The third kappa shape index (κ3) is 4.61. The van der Waals surface area contributed by atoms with Crippen molar-refractivity contribution in [2.45, 2.75) is 43.4 Å². The van der Waals surface area contributed by atoms with E-state index in [9.17, 15) is 29.9 Å². The van der Waals surface area contributed by atoms with Crippen LogP contribution in [0.3, 0.4) is 0 Å². The van der Waals surface area contributed by atoms with E-state index in [-0.39, 0.29) is 5.82 Å². The average molecular weight is 475 g/mol. The Labute approximate surface area is 195 Å².